The smallest absolute Gasteiger partial charge is 0.320 e. The number of ether oxygens (including phenoxy) is 1. The van der Waals surface area contributed by atoms with E-state index in [-0.39, 0.29) is 11.8 Å². The maximum atomic E-state index is 13.2. The van der Waals surface area contributed by atoms with Crippen LogP contribution in [0.5, 0.6) is 5.75 Å². The Bertz CT molecular complexity index is 948. The van der Waals surface area contributed by atoms with Gasteiger partial charge in [0.15, 0.2) is 0 Å². The number of hydrogen-bond acceptors (Lipinski definition) is 5. The van der Waals surface area contributed by atoms with E-state index < -0.39 is 30.0 Å². The normalized spacial score (nSPS) is 13.6. The first-order valence-corrected chi connectivity index (χ1v) is 11.5. The van der Waals surface area contributed by atoms with Gasteiger partial charge in [0, 0.05) is 5.69 Å². The molecule has 0 aliphatic carbocycles. The number of carbonyl (C=O) groups excluding carboxylic acids is 2. The van der Waals surface area contributed by atoms with Crippen LogP contribution in [0.4, 0.5) is 5.69 Å². The molecule has 0 heterocycles. The molecule has 0 saturated heterocycles. The van der Waals surface area contributed by atoms with Gasteiger partial charge in [-0.3, -0.25) is 19.7 Å². The van der Waals surface area contributed by atoms with E-state index in [2.05, 4.69) is 16.0 Å². The summed E-state index contributed by atoms with van der Waals surface area (Å²) in [5.41, 5.74) is 1.55. The highest BCUT2D eigenvalue weighted by atomic mass is 16.5. The van der Waals surface area contributed by atoms with Crippen molar-refractivity contribution in [3.63, 3.8) is 0 Å². The van der Waals surface area contributed by atoms with Crippen molar-refractivity contribution in [2.75, 3.05) is 12.4 Å². The van der Waals surface area contributed by atoms with Gasteiger partial charge in [-0.05, 0) is 55.9 Å². The highest BCUT2D eigenvalue weighted by molar-refractivity contribution is 5.97. The monoisotopic (exact) mass is 469 g/mol. The van der Waals surface area contributed by atoms with Gasteiger partial charge in [-0.25, -0.2) is 0 Å². The van der Waals surface area contributed by atoms with Gasteiger partial charge in [-0.15, -0.1) is 0 Å². The number of rotatable bonds is 13. The van der Waals surface area contributed by atoms with E-state index in [0.717, 1.165) is 5.56 Å². The predicted octanol–water partition coefficient (Wildman–Crippen LogP) is 3.23. The second-order valence-corrected chi connectivity index (χ2v) is 8.68. The van der Waals surface area contributed by atoms with Crippen LogP contribution in [0, 0.1) is 5.92 Å². The molecule has 8 heteroatoms. The molecule has 0 radical (unpaired) electrons. The molecule has 0 fully saturated rings. The summed E-state index contributed by atoms with van der Waals surface area (Å²) in [6.07, 6.45) is 1.27. The summed E-state index contributed by atoms with van der Waals surface area (Å²) in [6.45, 7) is 5.43. The maximum absolute atomic E-state index is 13.2. The molecule has 0 spiro atoms. The Hall–Kier alpha value is -3.39. The van der Waals surface area contributed by atoms with Gasteiger partial charge < -0.3 is 20.5 Å². The highest BCUT2D eigenvalue weighted by Gasteiger charge is 2.28. The third-order valence-corrected chi connectivity index (χ3v) is 5.41. The number of carboxylic acids is 1. The Morgan fingerprint density at radius 1 is 0.912 bits per heavy atom. The molecule has 2 aromatic carbocycles. The SMILES string of the molecule is COc1ccccc1CC[C@H](N[C@H](C)C(=O)O)C(=O)N[C@@H](CC(C)C)C(=O)Nc1ccccc1. The first-order chi connectivity index (χ1) is 16.2. The molecule has 0 aliphatic rings. The molecule has 2 aromatic rings. The van der Waals surface area contributed by atoms with Crippen molar-refractivity contribution in [1.82, 2.24) is 10.6 Å². The van der Waals surface area contributed by atoms with E-state index >= 15 is 0 Å². The zero-order chi connectivity index (χ0) is 25.1. The number of amides is 2. The van der Waals surface area contributed by atoms with Crippen molar-refractivity contribution < 1.29 is 24.2 Å². The van der Waals surface area contributed by atoms with Crippen molar-refractivity contribution in [3.05, 3.63) is 60.2 Å². The fraction of sp³-hybridized carbons (Fsp3) is 0.423. The van der Waals surface area contributed by atoms with Crippen LogP contribution >= 0.6 is 0 Å². The highest BCUT2D eigenvalue weighted by Crippen LogP contribution is 2.20. The van der Waals surface area contributed by atoms with Crippen LogP contribution in [0.15, 0.2) is 54.6 Å². The Morgan fingerprint density at radius 3 is 2.18 bits per heavy atom. The van der Waals surface area contributed by atoms with Gasteiger partial charge >= 0.3 is 5.97 Å². The molecule has 0 aliphatic heterocycles. The second kappa shape index (κ2) is 13.3. The molecule has 4 N–H and O–H groups in total. The Morgan fingerprint density at radius 2 is 1.56 bits per heavy atom. The van der Waals surface area contributed by atoms with Crippen LogP contribution in [-0.4, -0.2) is 48.1 Å². The maximum Gasteiger partial charge on any atom is 0.320 e. The Labute approximate surface area is 201 Å². The number of benzene rings is 2. The summed E-state index contributed by atoms with van der Waals surface area (Å²) in [4.78, 5) is 37.6. The van der Waals surface area contributed by atoms with Gasteiger partial charge in [0.2, 0.25) is 11.8 Å². The number of anilines is 1. The van der Waals surface area contributed by atoms with Gasteiger partial charge in [0.1, 0.15) is 17.8 Å². The van der Waals surface area contributed by atoms with Crippen molar-refractivity contribution in [2.24, 2.45) is 5.92 Å². The zero-order valence-corrected chi connectivity index (χ0v) is 20.2. The minimum Gasteiger partial charge on any atom is -0.496 e. The summed E-state index contributed by atoms with van der Waals surface area (Å²) in [5, 5.41) is 17.9. The molecule has 0 saturated carbocycles. The van der Waals surface area contributed by atoms with Gasteiger partial charge in [0.25, 0.3) is 0 Å². The molecular weight excluding hydrogens is 434 g/mol. The minimum atomic E-state index is -1.06. The number of hydrogen-bond donors (Lipinski definition) is 4. The molecule has 0 unspecified atom stereocenters. The molecule has 184 valence electrons. The topological polar surface area (TPSA) is 117 Å². The van der Waals surface area contributed by atoms with Crippen LogP contribution in [0.25, 0.3) is 0 Å². The van der Waals surface area contributed by atoms with Crippen LogP contribution in [0.2, 0.25) is 0 Å². The second-order valence-electron chi connectivity index (χ2n) is 8.68. The first kappa shape index (κ1) is 26.9. The van der Waals surface area contributed by atoms with Crippen LogP contribution in [0.1, 0.15) is 39.2 Å². The number of methoxy groups -OCH3 is 1. The molecule has 0 bridgehead atoms. The number of para-hydroxylation sites is 2. The number of carboxylic acid groups (broad SMARTS) is 1. The fourth-order valence-corrected chi connectivity index (χ4v) is 3.60. The van der Waals surface area contributed by atoms with Crippen molar-refractivity contribution in [1.29, 1.82) is 0 Å². The number of carbonyl (C=O) groups is 3. The summed E-state index contributed by atoms with van der Waals surface area (Å²) in [5.74, 6) is -0.937. The van der Waals surface area contributed by atoms with E-state index in [4.69, 9.17) is 4.74 Å². The van der Waals surface area contributed by atoms with Crippen LogP contribution < -0.4 is 20.7 Å². The van der Waals surface area contributed by atoms with Crippen LogP contribution in [-0.2, 0) is 20.8 Å². The van der Waals surface area contributed by atoms with Gasteiger partial charge in [-0.1, -0.05) is 50.2 Å². The van der Waals surface area contributed by atoms with Gasteiger partial charge in [-0.2, -0.15) is 0 Å². The van der Waals surface area contributed by atoms with Crippen molar-refractivity contribution in [2.45, 2.75) is 58.2 Å². The number of aliphatic carboxylic acids is 1. The fourth-order valence-electron chi connectivity index (χ4n) is 3.60. The molecule has 2 rings (SSSR count). The van der Waals surface area contributed by atoms with Crippen LogP contribution in [0.3, 0.4) is 0 Å². The average Bonchev–Trinajstić information content (AvgIpc) is 2.81. The third-order valence-electron chi connectivity index (χ3n) is 5.41. The van der Waals surface area contributed by atoms with Crippen molar-refractivity contribution >= 4 is 23.5 Å². The third kappa shape index (κ3) is 8.51. The average molecular weight is 470 g/mol. The lowest BCUT2D eigenvalue weighted by Gasteiger charge is -2.25. The Kier molecular flexibility index (Phi) is 10.5. The van der Waals surface area contributed by atoms with E-state index in [1.807, 2.05) is 56.3 Å². The molecule has 0 aromatic heterocycles. The molecule has 34 heavy (non-hydrogen) atoms. The molecule has 2 amide bonds. The zero-order valence-electron chi connectivity index (χ0n) is 20.2. The molecule has 8 nitrogen and oxygen atoms in total. The quantitative estimate of drug-likeness (QED) is 0.358. The van der Waals surface area contributed by atoms with Gasteiger partial charge in [0.05, 0.1) is 13.2 Å². The van der Waals surface area contributed by atoms with Crippen molar-refractivity contribution in [3.8, 4) is 5.75 Å². The lowest BCUT2D eigenvalue weighted by molar-refractivity contribution is -0.139. The lowest BCUT2D eigenvalue weighted by Crippen LogP contribution is -2.54. The standard InChI is InChI=1S/C26H35N3O5/c1-17(2)16-22(25(31)28-20-11-6-5-7-12-20)29-24(30)21(27-18(3)26(32)33)15-14-19-10-8-9-13-23(19)34-4/h5-13,17-18,21-22,27H,14-16H2,1-4H3,(H,28,31)(H,29,30)(H,32,33)/t18-,21+,22+/m1/s1. The van der Waals surface area contributed by atoms with E-state index in [1.54, 1.807) is 19.2 Å². The Balaban J connectivity index is 2.16. The summed E-state index contributed by atoms with van der Waals surface area (Å²) < 4.78 is 5.39. The largest absolute Gasteiger partial charge is 0.496 e. The van der Waals surface area contributed by atoms with E-state index in [9.17, 15) is 19.5 Å². The minimum absolute atomic E-state index is 0.157. The lowest BCUT2D eigenvalue weighted by atomic mass is 10.00. The van der Waals surface area contributed by atoms with E-state index in [1.165, 1.54) is 6.92 Å². The summed E-state index contributed by atoms with van der Waals surface area (Å²) in [7, 11) is 1.58. The van der Waals surface area contributed by atoms with E-state index in [0.29, 0.717) is 30.7 Å². The summed E-state index contributed by atoms with van der Waals surface area (Å²) in [6, 6.07) is 14.0. The summed E-state index contributed by atoms with van der Waals surface area (Å²) >= 11 is 0. The number of nitrogens with one attached hydrogen (secondary N) is 3. The molecular formula is C26H35N3O5. The molecule has 3 atom stereocenters. The number of aryl methyl sites for hydroxylation is 1. The predicted molar refractivity (Wildman–Crippen MR) is 132 cm³/mol. The first-order valence-electron chi connectivity index (χ1n) is 11.5.